The lowest BCUT2D eigenvalue weighted by Gasteiger charge is -2.09. The van der Waals surface area contributed by atoms with Gasteiger partial charge in [0.2, 0.25) is 5.71 Å². The van der Waals surface area contributed by atoms with E-state index in [4.69, 9.17) is 19.6 Å². The predicted octanol–water partition coefficient (Wildman–Crippen LogP) is 5.81. The fraction of sp³-hybridized carbons (Fsp3) is 0.143. The summed E-state index contributed by atoms with van der Waals surface area (Å²) < 4.78 is 17.0. The number of nitrogens with two attached hydrogens (primary N) is 1. The third-order valence-electron chi connectivity index (χ3n) is 5.91. The summed E-state index contributed by atoms with van der Waals surface area (Å²) in [6.07, 6.45) is 2.35. The van der Waals surface area contributed by atoms with Crippen LogP contribution in [0.2, 0.25) is 0 Å². The molecule has 5 rings (SSSR count). The summed E-state index contributed by atoms with van der Waals surface area (Å²) in [4.78, 5) is 9.00. The molecule has 3 aromatic carbocycles. The molecule has 7 heteroatoms. The van der Waals surface area contributed by atoms with Gasteiger partial charge in [0, 0.05) is 23.4 Å². The smallest absolute Gasteiger partial charge is 0.232 e. The van der Waals surface area contributed by atoms with E-state index in [1.807, 2.05) is 72.8 Å². The summed E-state index contributed by atoms with van der Waals surface area (Å²) in [5.74, 6) is 3.00. The van der Waals surface area contributed by atoms with Crippen LogP contribution in [-0.2, 0) is 6.42 Å². The highest BCUT2D eigenvalue weighted by Crippen LogP contribution is 2.43. The molecule has 0 aliphatic rings. The maximum absolute atomic E-state index is 6.31. The summed E-state index contributed by atoms with van der Waals surface area (Å²) in [6, 6.07) is 23.6. The van der Waals surface area contributed by atoms with Gasteiger partial charge in [0.15, 0.2) is 0 Å². The van der Waals surface area contributed by atoms with E-state index in [1.165, 1.54) is 11.9 Å². The summed E-state index contributed by atoms with van der Waals surface area (Å²) in [6.45, 7) is 0.696. The molecule has 2 aromatic heterocycles. The van der Waals surface area contributed by atoms with Gasteiger partial charge in [-0.1, -0.05) is 24.3 Å². The van der Waals surface area contributed by atoms with E-state index in [-0.39, 0.29) is 0 Å². The Balaban J connectivity index is 1.57. The average molecular weight is 467 g/mol. The fourth-order valence-corrected chi connectivity index (χ4v) is 4.06. The number of hydrogen-bond acceptors (Lipinski definition) is 7. The Morgan fingerprint density at radius 3 is 2.06 bits per heavy atom. The van der Waals surface area contributed by atoms with Crippen LogP contribution in [0.1, 0.15) is 5.56 Å². The molecule has 0 radical (unpaired) electrons. The van der Waals surface area contributed by atoms with Crippen molar-refractivity contribution < 1.29 is 13.9 Å². The first kappa shape index (κ1) is 22.3. The topological polar surface area (TPSA) is 95.4 Å². The van der Waals surface area contributed by atoms with Crippen LogP contribution in [-0.4, -0.2) is 30.7 Å². The third-order valence-corrected chi connectivity index (χ3v) is 5.91. The van der Waals surface area contributed by atoms with Crippen molar-refractivity contribution in [3.63, 3.8) is 0 Å². The molecule has 0 bridgehead atoms. The van der Waals surface area contributed by atoms with Gasteiger partial charge in [-0.3, -0.25) is 0 Å². The molecular formula is C28H26N4O3. The van der Waals surface area contributed by atoms with E-state index in [2.05, 4.69) is 15.3 Å². The lowest BCUT2D eigenvalue weighted by atomic mass is 9.99. The van der Waals surface area contributed by atoms with Gasteiger partial charge in [0.25, 0.3) is 0 Å². The van der Waals surface area contributed by atoms with E-state index in [1.54, 1.807) is 14.2 Å². The summed E-state index contributed by atoms with van der Waals surface area (Å²) in [5.41, 5.74) is 11.1. The Morgan fingerprint density at radius 1 is 0.800 bits per heavy atom. The van der Waals surface area contributed by atoms with Gasteiger partial charge in [-0.25, -0.2) is 9.97 Å². The van der Waals surface area contributed by atoms with Crippen molar-refractivity contribution >= 4 is 22.6 Å². The zero-order valence-electron chi connectivity index (χ0n) is 19.6. The van der Waals surface area contributed by atoms with E-state index in [0.29, 0.717) is 12.3 Å². The summed E-state index contributed by atoms with van der Waals surface area (Å²) in [7, 11) is 3.30. The van der Waals surface area contributed by atoms with Gasteiger partial charge in [-0.05, 0) is 66.1 Å². The van der Waals surface area contributed by atoms with Crippen LogP contribution in [0.25, 0.3) is 33.6 Å². The number of benzene rings is 3. The Morgan fingerprint density at radius 2 is 1.43 bits per heavy atom. The highest BCUT2D eigenvalue weighted by molar-refractivity contribution is 6.05. The van der Waals surface area contributed by atoms with Crippen molar-refractivity contribution in [2.75, 3.05) is 31.8 Å². The minimum atomic E-state index is 0.520. The number of ether oxygens (including phenoxy) is 2. The molecule has 0 unspecified atom stereocenters. The lowest BCUT2D eigenvalue weighted by Crippen LogP contribution is -2.07. The van der Waals surface area contributed by atoms with Gasteiger partial charge >= 0.3 is 0 Å². The molecule has 0 fully saturated rings. The minimum absolute atomic E-state index is 0.520. The number of hydrogen-bond donors (Lipinski definition) is 2. The Labute approximate surface area is 203 Å². The van der Waals surface area contributed by atoms with Crippen LogP contribution in [0.15, 0.2) is 83.5 Å². The van der Waals surface area contributed by atoms with Gasteiger partial charge in [0.05, 0.1) is 19.6 Å². The molecule has 0 spiro atoms. The van der Waals surface area contributed by atoms with Crippen LogP contribution in [0.5, 0.6) is 11.5 Å². The largest absolute Gasteiger partial charge is 0.497 e. The number of nitrogens with zero attached hydrogens (tertiary/aromatic N) is 2. The predicted molar refractivity (Wildman–Crippen MR) is 139 cm³/mol. The molecule has 0 amide bonds. The van der Waals surface area contributed by atoms with Gasteiger partial charge < -0.3 is 24.9 Å². The van der Waals surface area contributed by atoms with Crippen LogP contribution >= 0.6 is 0 Å². The molecule has 0 atom stereocenters. The monoisotopic (exact) mass is 466 g/mol. The first-order valence-corrected chi connectivity index (χ1v) is 11.3. The van der Waals surface area contributed by atoms with E-state index in [0.717, 1.165) is 57.3 Å². The minimum Gasteiger partial charge on any atom is -0.497 e. The van der Waals surface area contributed by atoms with Crippen molar-refractivity contribution in [3.05, 3.63) is 84.7 Å². The second-order valence-electron chi connectivity index (χ2n) is 8.08. The Kier molecular flexibility index (Phi) is 6.22. The molecule has 0 saturated carbocycles. The van der Waals surface area contributed by atoms with Crippen LogP contribution < -0.4 is 20.5 Å². The van der Waals surface area contributed by atoms with Crippen LogP contribution in [0.4, 0.5) is 11.5 Å². The second kappa shape index (κ2) is 9.77. The number of nitrogens with one attached hydrogen (secondary N) is 1. The maximum atomic E-state index is 6.31. The van der Waals surface area contributed by atoms with Crippen molar-refractivity contribution in [2.45, 2.75) is 6.42 Å². The zero-order chi connectivity index (χ0) is 24.2. The summed E-state index contributed by atoms with van der Waals surface area (Å²) >= 11 is 0. The molecule has 2 heterocycles. The normalized spacial score (nSPS) is 10.9. The number of anilines is 2. The van der Waals surface area contributed by atoms with E-state index < -0.39 is 0 Å². The van der Waals surface area contributed by atoms with Crippen molar-refractivity contribution in [2.24, 2.45) is 0 Å². The van der Waals surface area contributed by atoms with Gasteiger partial charge in [0.1, 0.15) is 29.4 Å². The lowest BCUT2D eigenvalue weighted by molar-refractivity contribution is 0.414. The molecule has 3 N–H and O–H groups in total. The van der Waals surface area contributed by atoms with E-state index in [9.17, 15) is 0 Å². The quantitative estimate of drug-likeness (QED) is 0.279. The highest BCUT2D eigenvalue weighted by atomic mass is 16.5. The second-order valence-corrected chi connectivity index (χ2v) is 8.08. The zero-order valence-corrected chi connectivity index (χ0v) is 19.6. The number of fused-ring (bicyclic) bond motifs is 1. The Hall–Kier alpha value is -4.52. The molecule has 176 valence electrons. The number of methoxy groups -OCH3 is 2. The Bertz CT molecular complexity index is 1430. The standard InChI is InChI=1S/C28H26N4O3/c1-33-22-11-5-19(6-12-22)24-25-27(30-16-15-18-3-9-21(29)10-4-18)31-17-32-28(25)35-26(24)20-7-13-23(34-2)14-8-20/h3-14,17H,15-16,29H2,1-2H3,(H,30,31,32). The molecular weight excluding hydrogens is 440 g/mol. The third kappa shape index (κ3) is 4.61. The van der Waals surface area contributed by atoms with Crippen LogP contribution in [0, 0.1) is 0 Å². The van der Waals surface area contributed by atoms with Crippen molar-refractivity contribution in [1.82, 2.24) is 9.97 Å². The number of furan rings is 1. The number of rotatable bonds is 8. The number of aromatic nitrogens is 2. The molecule has 0 aliphatic heterocycles. The highest BCUT2D eigenvalue weighted by Gasteiger charge is 2.22. The maximum Gasteiger partial charge on any atom is 0.232 e. The van der Waals surface area contributed by atoms with E-state index >= 15 is 0 Å². The SMILES string of the molecule is COc1ccc(-c2oc3ncnc(NCCc4ccc(N)cc4)c3c2-c2ccc(OC)cc2)cc1. The average Bonchev–Trinajstić information content (AvgIpc) is 3.30. The fourth-order valence-electron chi connectivity index (χ4n) is 4.06. The summed E-state index contributed by atoms with van der Waals surface area (Å²) in [5, 5.41) is 4.31. The first-order chi connectivity index (χ1) is 17.2. The molecule has 5 aromatic rings. The van der Waals surface area contributed by atoms with Gasteiger partial charge in [-0.2, -0.15) is 0 Å². The molecule has 0 aliphatic carbocycles. The van der Waals surface area contributed by atoms with Crippen molar-refractivity contribution in [1.29, 1.82) is 0 Å². The molecule has 7 nitrogen and oxygen atoms in total. The van der Waals surface area contributed by atoms with Crippen LogP contribution in [0.3, 0.4) is 0 Å². The number of nitrogen functional groups attached to an aromatic ring is 1. The van der Waals surface area contributed by atoms with Crippen molar-refractivity contribution in [3.8, 4) is 33.9 Å². The van der Waals surface area contributed by atoms with Gasteiger partial charge in [-0.15, -0.1) is 0 Å². The molecule has 35 heavy (non-hydrogen) atoms. The first-order valence-electron chi connectivity index (χ1n) is 11.3. The molecule has 0 saturated heterocycles.